The van der Waals surface area contributed by atoms with Crippen molar-refractivity contribution in [2.24, 2.45) is 5.92 Å². The zero-order chi connectivity index (χ0) is 18.3. The van der Waals surface area contributed by atoms with E-state index in [-0.39, 0.29) is 24.9 Å². The van der Waals surface area contributed by atoms with Gasteiger partial charge in [-0.25, -0.2) is 4.79 Å². The van der Waals surface area contributed by atoms with Gasteiger partial charge < -0.3 is 14.3 Å². The van der Waals surface area contributed by atoms with Gasteiger partial charge in [-0.15, -0.1) is 10.1 Å². The number of esters is 2. The first-order valence-electron chi connectivity index (χ1n) is 7.51. The van der Waals surface area contributed by atoms with E-state index in [4.69, 9.17) is 9.47 Å². The molecule has 1 aromatic carbocycles. The number of ether oxygens (including phenoxy) is 2. The summed E-state index contributed by atoms with van der Waals surface area (Å²) in [4.78, 5) is 38.0. The van der Waals surface area contributed by atoms with Crippen molar-refractivity contribution in [2.75, 3.05) is 6.61 Å². The van der Waals surface area contributed by atoms with Crippen molar-refractivity contribution in [1.82, 2.24) is 0 Å². The van der Waals surface area contributed by atoms with Crippen LogP contribution >= 0.6 is 0 Å². The first-order valence-corrected chi connectivity index (χ1v) is 7.51. The lowest BCUT2D eigenvalue weighted by molar-refractivity contribution is -0.767. The minimum atomic E-state index is -0.882. The third-order valence-electron chi connectivity index (χ3n) is 3.12. The van der Waals surface area contributed by atoms with Crippen LogP contribution in [0.25, 0.3) is 0 Å². The van der Waals surface area contributed by atoms with Crippen LogP contribution in [0.4, 0.5) is 0 Å². The molecule has 0 spiro atoms. The average Bonchev–Trinajstić information content (AvgIpc) is 2.48. The molecule has 0 saturated heterocycles. The molecule has 0 radical (unpaired) electrons. The van der Waals surface area contributed by atoms with Crippen molar-refractivity contribution in [2.45, 2.75) is 40.2 Å². The first kappa shape index (κ1) is 19.4. The zero-order valence-electron chi connectivity index (χ0n) is 14.1. The minimum absolute atomic E-state index is 0.00300. The summed E-state index contributed by atoms with van der Waals surface area (Å²) in [5.41, 5.74) is 0.934. The van der Waals surface area contributed by atoms with Crippen LogP contribution in [0.2, 0.25) is 0 Å². The van der Waals surface area contributed by atoms with Gasteiger partial charge in [0.05, 0.1) is 18.1 Å². The van der Waals surface area contributed by atoms with Gasteiger partial charge in [-0.05, 0) is 37.6 Å². The van der Waals surface area contributed by atoms with E-state index in [0.29, 0.717) is 16.9 Å². The molecule has 132 valence electrons. The predicted octanol–water partition coefficient (Wildman–Crippen LogP) is 2.70. The fraction of sp³-hybridized carbons (Fsp3) is 0.500. The standard InChI is InChI=1S/C16H21NO7/c1-10(2)15(18)23-14-6-5-13(9-11(14)3)16(19)22-8-7-12(4)24-17(20)21/h5-6,9-10,12H,7-8H2,1-4H3. The van der Waals surface area contributed by atoms with E-state index >= 15 is 0 Å². The number of rotatable bonds is 8. The highest BCUT2D eigenvalue weighted by molar-refractivity contribution is 5.90. The third-order valence-corrected chi connectivity index (χ3v) is 3.12. The van der Waals surface area contributed by atoms with Gasteiger partial charge in [-0.2, -0.15) is 0 Å². The second kappa shape index (κ2) is 8.85. The average molecular weight is 339 g/mol. The Labute approximate surface area is 139 Å². The van der Waals surface area contributed by atoms with Crippen molar-refractivity contribution in [3.05, 3.63) is 39.4 Å². The van der Waals surface area contributed by atoms with Crippen LogP contribution in [0.5, 0.6) is 5.75 Å². The molecule has 8 nitrogen and oxygen atoms in total. The molecule has 1 rings (SSSR count). The van der Waals surface area contributed by atoms with Crippen molar-refractivity contribution in [3.63, 3.8) is 0 Å². The highest BCUT2D eigenvalue weighted by atomic mass is 17.0. The molecule has 0 N–H and O–H groups in total. The summed E-state index contributed by atoms with van der Waals surface area (Å²) in [6.07, 6.45) is -0.456. The maximum Gasteiger partial charge on any atom is 0.338 e. The molecule has 0 amide bonds. The largest absolute Gasteiger partial charge is 0.462 e. The minimum Gasteiger partial charge on any atom is -0.462 e. The zero-order valence-corrected chi connectivity index (χ0v) is 14.1. The number of hydrogen-bond acceptors (Lipinski definition) is 7. The van der Waals surface area contributed by atoms with Crippen LogP contribution in [0.1, 0.15) is 43.1 Å². The van der Waals surface area contributed by atoms with Crippen LogP contribution in [-0.4, -0.2) is 29.7 Å². The number of benzene rings is 1. The Balaban J connectivity index is 2.58. The molecule has 1 atom stereocenters. The van der Waals surface area contributed by atoms with Gasteiger partial charge in [0.15, 0.2) is 0 Å². The van der Waals surface area contributed by atoms with Crippen LogP contribution in [0.3, 0.4) is 0 Å². The van der Waals surface area contributed by atoms with E-state index in [1.807, 2.05) is 0 Å². The van der Waals surface area contributed by atoms with Gasteiger partial charge in [0.2, 0.25) is 0 Å². The fourth-order valence-electron chi connectivity index (χ4n) is 1.72. The quantitative estimate of drug-likeness (QED) is 0.310. The summed E-state index contributed by atoms with van der Waals surface area (Å²) in [5.74, 6) is -0.781. The summed E-state index contributed by atoms with van der Waals surface area (Å²) in [6, 6.07) is 4.59. The summed E-state index contributed by atoms with van der Waals surface area (Å²) < 4.78 is 10.3. The molecule has 0 aliphatic heterocycles. The Bertz CT molecular complexity index is 612. The van der Waals surface area contributed by atoms with Crippen molar-refractivity contribution >= 4 is 11.9 Å². The first-order chi connectivity index (χ1) is 11.2. The van der Waals surface area contributed by atoms with Crippen molar-refractivity contribution in [3.8, 4) is 5.75 Å². The van der Waals surface area contributed by atoms with Gasteiger partial charge in [-0.1, -0.05) is 13.8 Å². The van der Waals surface area contributed by atoms with Crippen LogP contribution in [0, 0.1) is 23.0 Å². The van der Waals surface area contributed by atoms with Gasteiger partial charge in [0.1, 0.15) is 11.9 Å². The van der Waals surface area contributed by atoms with Gasteiger partial charge in [-0.3, -0.25) is 4.79 Å². The second-order valence-corrected chi connectivity index (χ2v) is 5.62. The molecule has 1 unspecified atom stereocenters. The number of nitrogens with zero attached hydrogens (tertiary/aromatic N) is 1. The van der Waals surface area contributed by atoms with Gasteiger partial charge in [0, 0.05) is 6.42 Å². The molecule has 0 aromatic heterocycles. The lowest BCUT2D eigenvalue weighted by atomic mass is 10.1. The molecule has 0 heterocycles. The molecule has 24 heavy (non-hydrogen) atoms. The number of hydrogen-bond donors (Lipinski definition) is 0. The number of carbonyl (C=O) groups excluding carboxylic acids is 2. The molecule has 0 aliphatic carbocycles. The Kier molecular flexibility index (Phi) is 7.16. The highest BCUT2D eigenvalue weighted by Gasteiger charge is 2.15. The maximum absolute atomic E-state index is 11.9. The van der Waals surface area contributed by atoms with Crippen LogP contribution in [0.15, 0.2) is 18.2 Å². The normalized spacial score (nSPS) is 11.7. The molecular formula is C16H21NO7. The summed E-state index contributed by atoms with van der Waals surface area (Å²) in [6.45, 7) is 6.68. The number of carbonyl (C=O) groups is 2. The summed E-state index contributed by atoms with van der Waals surface area (Å²) in [5, 5.41) is 9.27. The monoisotopic (exact) mass is 339 g/mol. The van der Waals surface area contributed by atoms with E-state index in [0.717, 1.165) is 0 Å². The topological polar surface area (TPSA) is 105 Å². The Morgan fingerprint density at radius 2 is 1.92 bits per heavy atom. The van der Waals surface area contributed by atoms with E-state index in [1.54, 1.807) is 26.8 Å². The molecular weight excluding hydrogens is 318 g/mol. The van der Waals surface area contributed by atoms with E-state index in [1.165, 1.54) is 19.1 Å². The molecule has 0 fully saturated rings. The van der Waals surface area contributed by atoms with Crippen molar-refractivity contribution < 1.29 is 29.0 Å². The van der Waals surface area contributed by atoms with E-state index in [2.05, 4.69) is 4.84 Å². The Morgan fingerprint density at radius 1 is 1.25 bits per heavy atom. The SMILES string of the molecule is Cc1cc(C(=O)OCCC(C)O[N+](=O)[O-])ccc1OC(=O)C(C)C. The number of aryl methyl sites for hydroxylation is 1. The highest BCUT2D eigenvalue weighted by Crippen LogP contribution is 2.21. The lowest BCUT2D eigenvalue weighted by Gasteiger charge is -2.12. The third kappa shape index (κ3) is 6.23. The van der Waals surface area contributed by atoms with Crippen LogP contribution in [-0.2, 0) is 14.4 Å². The molecule has 0 bridgehead atoms. The Morgan fingerprint density at radius 3 is 2.46 bits per heavy atom. The lowest BCUT2D eigenvalue weighted by Crippen LogP contribution is -2.17. The van der Waals surface area contributed by atoms with Crippen molar-refractivity contribution in [1.29, 1.82) is 0 Å². The Hall–Kier alpha value is -2.64. The molecule has 1 aromatic rings. The van der Waals surface area contributed by atoms with Gasteiger partial charge >= 0.3 is 11.9 Å². The van der Waals surface area contributed by atoms with E-state index < -0.39 is 17.2 Å². The predicted molar refractivity (Wildman–Crippen MR) is 84.1 cm³/mol. The molecule has 8 heteroatoms. The smallest absolute Gasteiger partial charge is 0.338 e. The van der Waals surface area contributed by atoms with Crippen LogP contribution < -0.4 is 4.74 Å². The van der Waals surface area contributed by atoms with Gasteiger partial charge in [0.25, 0.3) is 5.09 Å². The summed E-state index contributed by atoms with van der Waals surface area (Å²) >= 11 is 0. The summed E-state index contributed by atoms with van der Waals surface area (Å²) in [7, 11) is 0. The molecule has 0 aliphatic rings. The molecule has 0 saturated carbocycles. The fourth-order valence-corrected chi connectivity index (χ4v) is 1.72. The maximum atomic E-state index is 11.9. The second-order valence-electron chi connectivity index (χ2n) is 5.62. The van der Waals surface area contributed by atoms with E-state index in [9.17, 15) is 19.7 Å².